The van der Waals surface area contributed by atoms with E-state index >= 15 is 0 Å². The Kier molecular flexibility index (Phi) is 4.68. The normalized spacial score (nSPS) is 12.1. The molecule has 0 amide bonds. The van der Waals surface area contributed by atoms with Crippen LogP contribution in [0.25, 0.3) is 0 Å². The number of Topliss-reactive ketones (excluding diaryl/α,β-unsaturated/α-hetero) is 1. The lowest BCUT2D eigenvalue weighted by Crippen LogP contribution is -2.32. The molecular weight excluding hydrogens is 178 g/mol. The van der Waals surface area contributed by atoms with Gasteiger partial charge in [0.25, 0.3) is 0 Å². The van der Waals surface area contributed by atoms with Crippen molar-refractivity contribution in [2.75, 3.05) is 0 Å². The van der Waals surface area contributed by atoms with Gasteiger partial charge in [-0.05, 0) is 0 Å². The molecule has 0 saturated carbocycles. The Hall–Kier alpha value is -1.43. The number of carboxylic acid groups (broad SMARTS) is 2. The molecule has 1 atom stereocenters. The minimum absolute atomic E-state index is 0.170. The zero-order chi connectivity index (χ0) is 10.4. The summed E-state index contributed by atoms with van der Waals surface area (Å²) in [7, 11) is 0. The van der Waals surface area contributed by atoms with Crippen molar-refractivity contribution in [1.29, 1.82) is 0 Å². The molecule has 0 heterocycles. The number of carbonyl (C=O) groups excluding carboxylic acids is 1. The van der Waals surface area contributed by atoms with Crippen molar-refractivity contribution in [3.05, 3.63) is 0 Å². The fraction of sp³-hybridized carbons (Fsp3) is 0.571. The molecule has 0 saturated heterocycles. The highest BCUT2D eigenvalue weighted by molar-refractivity contribution is 5.87. The minimum atomic E-state index is -1.26. The molecule has 0 radical (unpaired) electrons. The Balaban J connectivity index is 3.74. The first kappa shape index (κ1) is 11.6. The molecule has 6 heteroatoms. The van der Waals surface area contributed by atoms with Crippen LogP contribution < -0.4 is 5.73 Å². The summed E-state index contributed by atoms with van der Waals surface area (Å²) < 4.78 is 0. The summed E-state index contributed by atoms with van der Waals surface area (Å²) in [6, 6.07) is -1.23. The predicted octanol–water partition coefficient (Wildman–Crippen LogP) is -0.778. The Morgan fingerprint density at radius 2 is 1.69 bits per heavy atom. The third-order valence-electron chi connectivity index (χ3n) is 1.38. The molecule has 13 heavy (non-hydrogen) atoms. The standard InChI is InChI=1S/C7H11NO5/c8-5(7(12)13)3-4(9)1-2-6(10)11/h5H,1-3,8H2,(H,10,11)(H,12,13)/t5-/m0/s1. The van der Waals surface area contributed by atoms with Gasteiger partial charge in [-0.3, -0.25) is 14.4 Å². The number of hydrogen-bond acceptors (Lipinski definition) is 4. The van der Waals surface area contributed by atoms with Crippen LogP contribution in [0.4, 0.5) is 0 Å². The largest absolute Gasteiger partial charge is 0.481 e. The first-order valence-electron chi connectivity index (χ1n) is 3.65. The lowest BCUT2D eigenvalue weighted by Gasteiger charge is -2.03. The van der Waals surface area contributed by atoms with Crippen LogP contribution in [0.2, 0.25) is 0 Å². The molecule has 0 aliphatic rings. The molecular formula is C7H11NO5. The fourth-order valence-electron chi connectivity index (χ4n) is 0.681. The highest BCUT2D eigenvalue weighted by atomic mass is 16.4. The van der Waals surface area contributed by atoms with Gasteiger partial charge in [-0.15, -0.1) is 0 Å². The Morgan fingerprint density at radius 1 is 1.15 bits per heavy atom. The van der Waals surface area contributed by atoms with Gasteiger partial charge in [0.15, 0.2) is 0 Å². The smallest absolute Gasteiger partial charge is 0.320 e. The van der Waals surface area contributed by atoms with Crippen molar-refractivity contribution in [1.82, 2.24) is 0 Å². The summed E-state index contributed by atoms with van der Waals surface area (Å²) >= 11 is 0. The van der Waals surface area contributed by atoms with E-state index < -0.39 is 23.8 Å². The molecule has 0 rings (SSSR count). The van der Waals surface area contributed by atoms with Crippen LogP contribution in [-0.2, 0) is 14.4 Å². The molecule has 0 bridgehead atoms. The Morgan fingerprint density at radius 3 is 2.08 bits per heavy atom. The van der Waals surface area contributed by atoms with E-state index in [4.69, 9.17) is 15.9 Å². The quantitative estimate of drug-likeness (QED) is 0.504. The second-order valence-corrected chi connectivity index (χ2v) is 2.58. The third-order valence-corrected chi connectivity index (χ3v) is 1.38. The van der Waals surface area contributed by atoms with Gasteiger partial charge in [0.2, 0.25) is 0 Å². The number of rotatable bonds is 6. The first-order valence-corrected chi connectivity index (χ1v) is 3.65. The van der Waals surface area contributed by atoms with Gasteiger partial charge in [-0.25, -0.2) is 0 Å². The van der Waals surface area contributed by atoms with E-state index in [1.54, 1.807) is 0 Å². The fourth-order valence-corrected chi connectivity index (χ4v) is 0.681. The molecule has 0 unspecified atom stereocenters. The number of carboxylic acids is 2. The van der Waals surface area contributed by atoms with Crippen LogP contribution in [0, 0.1) is 0 Å². The molecule has 0 aliphatic heterocycles. The molecule has 0 aromatic carbocycles. The van der Waals surface area contributed by atoms with Crippen LogP contribution in [0.3, 0.4) is 0 Å². The van der Waals surface area contributed by atoms with Crippen LogP contribution in [-0.4, -0.2) is 34.0 Å². The molecule has 74 valence electrons. The maximum atomic E-state index is 10.9. The van der Waals surface area contributed by atoms with Crippen LogP contribution in [0.1, 0.15) is 19.3 Å². The van der Waals surface area contributed by atoms with Gasteiger partial charge in [0, 0.05) is 12.8 Å². The van der Waals surface area contributed by atoms with Crippen LogP contribution in [0.15, 0.2) is 0 Å². The molecule has 4 N–H and O–H groups in total. The molecule has 6 nitrogen and oxygen atoms in total. The van der Waals surface area contributed by atoms with Crippen molar-refractivity contribution < 1.29 is 24.6 Å². The summed E-state index contributed by atoms with van der Waals surface area (Å²) in [4.78, 5) is 31.1. The van der Waals surface area contributed by atoms with Gasteiger partial charge in [-0.2, -0.15) is 0 Å². The van der Waals surface area contributed by atoms with Crippen molar-refractivity contribution in [3.8, 4) is 0 Å². The maximum Gasteiger partial charge on any atom is 0.320 e. The van der Waals surface area contributed by atoms with Crippen LogP contribution in [0.5, 0.6) is 0 Å². The van der Waals surface area contributed by atoms with Gasteiger partial charge in [-0.1, -0.05) is 0 Å². The van der Waals surface area contributed by atoms with Crippen molar-refractivity contribution in [2.45, 2.75) is 25.3 Å². The van der Waals surface area contributed by atoms with E-state index in [1.165, 1.54) is 0 Å². The maximum absolute atomic E-state index is 10.9. The zero-order valence-electron chi connectivity index (χ0n) is 6.90. The number of hydrogen-bond donors (Lipinski definition) is 3. The zero-order valence-corrected chi connectivity index (χ0v) is 6.90. The molecule has 0 aliphatic carbocycles. The van der Waals surface area contributed by atoms with Gasteiger partial charge in [0.05, 0.1) is 6.42 Å². The Bertz CT molecular complexity index is 225. The van der Waals surface area contributed by atoms with E-state index in [1.807, 2.05) is 0 Å². The van der Waals surface area contributed by atoms with Gasteiger partial charge in [0.1, 0.15) is 11.8 Å². The number of carbonyl (C=O) groups is 3. The second-order valence-electron chi connectivity index (χ2n) is 2.58. The van der Waals surface area contributed by atoms with Gasteiger partial charge < -0.3 is 15.9 Å². The van der Waals surface area contributed by atoms with E-state index in [2.05, 4.69) is 0 Å². The van der Waals surface area contributed by atoms with Crippen molar-refractivity contribution in [3.63, 3.8) is 0 Å². The minimum Gasteiger partial charge on any atom is -0.481 e. The summed E-state index contributed by atoms with van der Waals surface area (Å²) in [6.45, 7) is 0. The molecule has 0 spiro atoms. The summed E-state index contributed by atoms with van der Waals surface area (Å²) in [6.07, 6.45) is -0.774. The molecule has 0 aromatic rings. The molecule has 0 fully saturated rings. The number of ketones is 1. The summed E-state index contributed by atoms with van der Waals surface area (Å²) in [5.74, 6) is -2.79. The third kappa shape index (κ3) is 5.80. The number of nitrogens with two attached hydrogens (primary N) is 1. The van der Waals surface area contributed by atoms with E-state index in [0.717, 1.165) is 0 Å². The average Bonchev–Trinajstić information content (AvgIpc) is 2.00. The Labute approximate surface area is 74.3 Å². The van der Waals surface area contributed by atoms with Crippen molar-refractivity contribution in [2.24, 2.45) is 5.73 Å². The van der Waals surface area contributed by atoms with E-state index in [-0.39, 0.29) is 19.3 Å². The monoisotopic (exact) mass is 189 g/mol. The summed E-state index contributed by atoms with van der Waals surface area (Å²) in [5.41, 5.74) is 5.06. The highest BCUT2D eigenvalue weighted by Gasteiger charge is 2.16. The van der Waals surface area contributed by atoms with E-state index in [0.29, 0.717) is 0 Å². The molecule has 0 aromatic heterocycles. The average molecular weight is 189 g/mol. The lowest BCUT2D eigenvalue weighted by atomic mass is 10.1. The van der Waals surface area contributed by atoms with Gasteiger partial charge >= 0.3 is 11.9 Å². The lowest BCUT2D eigenvalue weighted by molar-refractivity contribution is -0.140. The predicted molar refractivity (Wildman–Crippen MR) is 42.1 cm³/mol. The second kappa shape index (κ2) is 5.26. The highest BCUT2D eigenvalue weighted by Crippen LogP contribution is 1.98. The number of aliphatic carboxylic acids is 2. The van der Waals surface area contributed by atoms with E-state index in [9.17, 15) is 14.4 Å². The first-order chi connectivity index (χ1) is 5.93. The summed E-state index contributed by atoms with van der Waals surface area (Å²) in [5, 5.41) is 16.5. The van der Waals surface area contributed by atoms with Crippen LogP contribution >= 0.6 is 0 Å². The SMILES string of the molecule is N[C@@H](CC(=O)CCC(=O)O)C(=O)O. The topological polar surface area (TPSA) is 118 Å². The van der Waals surface area contributed by atoms with Crippen molar-refractivity contribution >= 4 is 17.7 Å².